The van der Waals surface area contributed by atoms with Gasteiger partial charge in [-0.1, -0.05) is 49.0 Å². The van der Waals surface area contributed by atoms with Crippen molar-refractivity contribution in [2.75, 3.05) is 5.75 Å². The molecule has 1 N–H and O–H groups in total. The van der Waals surface area contributed by atoms with Crippen LogP contribution >= 0.6 is 11.8 Å². The minimum absolute atomic E-state index is 0.0498. The van der Waals surface area contributed by atoms with Gasteiger partial charge in [-0.3, -0.25) is 14.3 Å². The number of aryl methyl sites for hydroxylation is 1. The summed E-state index contributed by atoms with van der Waals surface area (Å²) in [6.07, 6.45) is 6.23. The first-order chi connectivity index (χ1) is 15.7. The maximum Gasteiger partial charge on any atom is 0.196 e. The zero-order valence-corrected chi connectivity index (χ0v) is 18.3. The fourth-order valence-electron chi connectivity index (χ4n) is 3.67. The molecule has 32 heavy (non-hydrogen) atoms. The van der Waals surface area contributed by atoms with Crippen molar-refractivity contribution in [1.29, 1.82) is 0 Å². The van der Waals surface area contributed by atoms with Crippen LogP contribution in [0.1, 0.15) is 22.8 Å². The highest BCUT2D eigenvalue weighted by Crippen LogP contribution is 2.29. The van der Waals surface area contributed by atoms with E-state index in [9.17, 15) is 4.79 Å². The van der Waals surface area contributed by atoms with Gasteiger partial charge in [-0.25, -0.2) is 0 Å². The lowest BCUT2D eigenvalue weighted by Crippen LogP contribution is -2.04. The maximum absolute atomic E-state index is 13.0. The number of thioether (sulfide) groups is 1. The van der Waals surface area contributed by atoms with Gasteiger partial charge < -0.3 is 4.98 Å². The highest BCUT2D eigenvalue weighted by Gasteiger charge is 2.19. The molecule has 0 aliphatic heterocycles. The summed E-state index contributed by atoms with van der Waals surface area (Å²) in [6, 6.07) is 20.0. The quantitative estimate of drug-likeness (QED) is 0.273. The van der Waals surface area contributed by atoms with Crippen molar-refractivity contribution in [2.24, 2.45) is 0 Å². The molecule has 5 rings (SSSR count). The van der Waals surface area contributed by atoms with Crippen LogP contribution in [-0.4, -0.2) is 36.3 Å². The van der Waals surface area contributed by atoms with Crippen molar-refractivity contribution >= 4 is 28.4 Å². The molecule has 0 saturated carbocycles. The molecule has 6 nitrogen and oxygen atoms in total. The lowest BCUT2D eigenvalue weighted by Gasteiger charge is -2.11. The number of para-hydroxylation sites is 1. The number of hydrogen-bond donors (Lipinski definition) is 1. The number of aromatic amines is 1. The molecule has 0 aliphatic carbocycles. The van der Waals surface area contributed by atoms with Gasteiger partial charge in [0.1, 0.15) is 0 Å². The minimum atomic E-state index is 0.0498. The molecule has 0 amide bonds. The second kappa shape index (κ2) is 8.80. The lowest BCUT2D eigenvalue weighted by atomic mass is 10.1. The highest BCUT2D eigenvalue weighted by atomic mass is 32.2. The van der Waals surface area contributed by atoms with Crippen LogP contribution in [-0.2, 0) is 6.42 Å². The lowest BCUT2D eigenvalue weighted by molar-refractivity contribution is 0.102. The van der Waals surface area contributed by atoms with Gasteiger partial charge in [-0.15, -0.1) is 10.2 Å². The largest absolute Gasteiger partial charge is 0.360 e. The van der Waals surface area contributed by atoms with E-state index in [-0.39, 0.29) is 11.5 Å². The van der Waals surface area contributed by atoms with E-state index in [4.69, 9.17) is 0 Å². The summed E-state index contributed by atoms with van der Waals surface area (Å²) in [6.45, 7) is 2.13. The van der Waals surface area contributed by atoms with Crippen LogP contribution in [0, 0.1) is 0 Å². The number of nitrogens with zero attached hydrogens (tertiary/aromatic N) is 4. The monoisotopic (exact) mass is 439 g/mol. The highest BCUT2D eigenvalue weighted by molar-refractivity contribution is 7.99. The maximum atomic E-state index is 13.0. The van der Waals surface area contributed by atoms with Crippen molar-refractivity contribution in [3.8, 4) is 17.1 Å². The summed E-state index contributed by atoms with van der Waals surface area (Å²) in [5.41, 5.74) is 4.79. The Hall–Kier alpha value is -3.71. The van der Waals surface area contributed by atoms with Gasteiger partial charge in [0.15, 0.2) is 16.8 Å². The van der Waals surface area contributed by atoms with E-state index in [1.807, 2.05) is 41.0 Å². The molecule has 2 aromatic carbocycles. The number of H-pyrrole nitrogens is 1. The SMILES string of the molecule is CCc1ccc(-n2c(SCC(=O)c3c[nH]c4ccccc34)nnc2-c2ccncc2)cc1. The van der Waals surface area contributed by atoms with Crippen LogP contribution in [0.3, 0.4) is 0 Å². The summed E-state index contributed by atoms with van der Waals surface area (Å²) in [4.78, 5) is 20.3. The molecule has 3 heterocycles. The molecule has 0 unspecified atom stereocenters. The smallest absolute Gasteiger partial charge is 0.196 e. The number of nitrogens with one attached hydrogen (secondary N) is 1. The summed E-state index contributed by atoms with van der Waals surface area (Å²) in [5.74, 6) is 1.04. The predicted molar refractivity (Wildman–Crippen MR) is 127 cm³/mol. The third-order valence-corrected chi connectivity index (χ3v) is 6.33. The number of pyridine rings is 1. The first-order valence-corrected chi connectivity index (χ1v) is 11.4. The Bertz CT molecular complexity index is 1370. The van der Waals surface area contributed by atoms with E-state index in [1.54, 1.807) is 18.6 Å². The summed E-state index contributed by atoms with van der Waals surface area (Å²) >= 11 is 1.39. The molecular formula is C25H21N5OS. The van der Waals surface area contributed by atoms with Gasteiger partial charge in [0.05, 0.1) is 5.75 Å². The molecule has 5 aromatic rings. The van der Waals surface area contributed by atoms with Gasteiger partial charge in [0, 0.05) is 46.3 Å². The molecule has 3 aromatic heterocycles. The molecule has 0 fully saturated rings. The molecule has 158 valence electrons. The molecule has 0 radical (unpaired) electrons. The topological polar surface area (TPSA) is 76.5 Å². The van der Waals surface area contributed by atoms with Crippen molar-refractivity contribution in [3.63, 3.8) is 0 Å². The third kappa shape index (κ3) is 3.83. The Morgan fingerprint density at radius 2 is 1.78 bits per heavy atom. The van der Waals surface area contributed by atoms with E-state index in [0.717, 1.165) is 34.4 Å². The second-order valence-corrected chi connectivity index (χ2v) is 8.30. The Labute approximate surface area is 189 Å². The van der Waals surface area contributed by atoms with Crippen molar-refractivity contribution in [2.45, 2.75) is 18.5 Å². The molecule has 7 heteroatoms. The number of fused-ring (bicyclic) bond motifs is 1. The molecule has 0 atom stereocenters. The van der Waals surface area contributed by atoms with E-state index in [2.05, 4.69) is 51.4 Å². The van der Waals surface area contributed by atoms with Gasteiger partial charge in [0.2, 0.25) is 0 Å². The van der Waals surface area contributed by atoms with E-state index >= 15 is 0 Å². The Morgan fingerprint density at radius 1 is 1.00 bits per heavy atom. The number of rotatable bonds is 7. The van der Waals surface area contributed by atoms with Gasteiger partial charge in [-0.05, 0) is 42.3 Å². The van der Waals surface area contributed by atoms with Crippen LogP contribution in [0.15, 0.2) is 84.4 Å². The number of carbonyl (C=O) groups excluding carboxylic acids is 1. The predicted octanol–water partition coefficient (Wildman–Crippen LogP) is 5.35. The van der Waals surface area contributed by atoms with E-state index in [1.165, 1.54) is 17.3 Å². The van der Waals surface area contributed by atoms with Crippen LogP contribution < -0.4 is 0 Å². The van der Waals surface area contributed by atoms with Crippen molar-refractivity contribution in [3.05, 3.63) is 90.4 Å². The van der Waals surface area contributed by atoms with Gasteiger partial charge >= 0.3 is 0 Å². The van der Waals surface area contributed by atoms with E-state index < -0.39 is 0 Å². The van der Waals surface area contributed by atoms with Crippen LogP contribution in [0.4, 0.5) is 0 Å². The average molecular weight is 440 g/mol. The molecule has 0 saturated heterocycles. The fraction of sp³-hybridized carbons (Fsp3) is 0.120. The number of Topliss-reactive ketones (excluding diaryl/α,β-unsaturated/α-hetero) is 1. The molecular weight excluding hydrogens is 418 g/mol. The number of aromatic nitrogens is 5. The number of carbonyl (C=O) groups is 1. The first-order valence-electron chi connectivity index (χ1n) is 10.4. The van der Waals surface area contributed by atoms with Crippen LogP contribution in [0.25, 0.3) is 28.0 Å². The van der Waals surface area contributed by atoms with Crippen molar-refractivity contribution in [1.82, 2.24) is 24.7 Å². The number of hydrogen-bond acceptors (Lipinski definition) is 5. The zero-order chi connectivity index (χ0) is 21.9. The summed E-state index contributed by atoms with van der Waals surface area (Å²) in [5, 5.41) is 10.5. The van der Waals surface area contributed by atoms with E-state index in [0.29, 0.717) is 10.7 Å². The molecule has 0 spiro atoms. The molecule has 0 aliphatic rings. The Balaban J connectivity index is 1.48. The summed E-state index contributed by atoms with van der Waals surface area (Å²) in [7, 11) is 0. The Kier molecular flexibility index (Phi) is 5.56. The number of benzene rings is 2. The van der Waals surface area contributed by atoms with Gasteiger partial charge in [0.25, 0.3) is 0 Å². The standard InChI is InChI=1S/C25H21N5OS/c1-2-17-7-9-19(10-8-17)30-24(18-11-13-26-14-12-18)28-29-25(30)32-16-23(31)21-15-27-22-6-4-3-5-20(21)22/h3-15,27H,2,16H2,1H3. The third-order valence-electron chi connectivity index (χ3n) is 5.40. The van der Waals surface area contributed by atoms with Crippen LogP contribution in [0.5, 0.6) is 0 Å². The number of ketones is 1. The zero-order valence-electron chi connectivity index (χ0n) is 17.5. The Morgan fingerprint density at radius 3 is 2.56 bits per heavy atom. The normalized spacial score (nSPS) is 11.2. The van der Waals surface area contributed by atoms with Gasteiger partial charge in [-0.2, -0.15) is 0 Å². The minimum Gasteiger partial charge on any atom is -0.360 e. The fourth-order valence-corrected chi connectivity index (χ4v) is 4.51. The average Bonchev–Trinajstić information content (AvgIpc) is 3.48. The van der Waals surface area contributed by atoms with Crippen molar-refractivity contribution < 1.29 is 4.79 Å². The summed E-state index contributed by atoms with van der Waals surface area (Å²) < 4.78 is 2.00. The first kappa shape index (κ1) is 20.2. The second-order valence-electron chi connectivity index (χ2n) is 7.36. The molecule has 0 bridgehead atoms. The van der Waals surface area contributed by atoms with Crippen LogP contribution in [0.2, 0.25) is 0 Å².